The Morgan fingerprint density at radius 3 is 2.95 bits per heavy atom. The second-order valence-electron chi connectivity index (χ2n) is 5.35. The van der Waals surface area contributed by atoms with Crippen LogP contribution in [0.25, 0.3) is 0 Å². The van der Waals surface area contributed by atoms with Gasteiger partial charge < -0.3 is 15.0 Å². The average Bonchev–Trinajstić information content (AvgIpc) is 2.52. The van der Waals surface area contributed by atoms with Gasteiger partial charge in [0.25, 0.3) is 5.69 Å². The Morgan fingerprint density at radius 2 is 2.29 bits per heavy atom. The van der Waals surface area contributed by atoms with E-state index in [9.17, 15) is 10.1 Å². The van der Waals surface area contributed by atoms with Gasteiger partial charge in [0, 0.05) is 24.7 Å². The molecule has 2 rings (SSSR count). The van der Waals surface area contributed by atoms with Crippen molar-refractivity contribution in [3.8, 4) is 5.75 Å². The monoisotopic (exact) mass is 293 g/mol. The van der Waals surface area contributed by atoms with Crippen molar-refractivity contribution in [1.29, 1.82) is 0 Å². The molecular formula is C15H23N3O3. The first-order valence-corrected chi connectivity index (χ1v) is 7.41. The summed E-state index contributed by atoms with van der Waals surface area (Å²) in [5.74, 6) is 0.661. The highest BCUT2D eigenvalue weighted by molar-refractivity contribution is 5.66. The topological polar surface area (TPSA) is 67.6 Å². The van der Waals surface area contributed by atoms with E-state index in [1.165, 1.54) is 12.5 Å². The molecule has 0 amide bonds. The van der Waals surface area contributed by atoms with Crippen LogP contribution < -0.4 is 15.0 Å². The van der Waals surface area contributed by atoms with Crippen LogP contribution in [-0.2, 0) is 0 Å². The highest BCUT2D eigenvalue weighted by atomic mass is 16.6. The minimum atomic E-state index is -0.307. The molecule has 1 aromatic rings. The molecule has 0 aromatic heterocycles. The fourth-order valence-corrected chi connectivity index (χ4v) is 2.94. The van der Waals surface area contributed by atoms with E-state index in [0.29, 0.717) is 17.5 Å². The van der Waals surface area contributed by atoms with Gasteiger partial charge in [0.2, 0.25) is 0 Å². The summed E-state index contributed by atoms with van der Waals surface area (Å²) < 4.78 is 5.24. The zero-order valence-corrected chi connectivity index (χ0v) is 12.7. The lowest BCUT2D eigenvalue weighted by Gasteiger charge is -2.37. The summed E-state index contributed by atoms with van der Waals surface area (Å²) in [5.41, 5.74) is 0.840. The summed E-state index contributed by atoms with van der Waals surface area (Å²) in [7, 11) is 3.51. The van der Waals surface area contributed by atoms with E-state index < -0.39 is 0 Å². The van der Waals surface area contributed by atoms with Gasteiger partial charge in [-0.15, -0.1) is 0 Å². The van der Waals surface area contributed by atoms with E-state index in [-0.39, 0.29) is 10.6 Å². The van der Waals surface area contributed by atoms with Crippen molar-refractivity contribution < 1.29 is 9.66 Å². The summed E-state index contributed by atoms with van der Waals surface area (Å²) >= 11 is 0. The molecule has 1 aliphatic heterocycles. The van der Waals surface area contributed by atoms with Gasteiger partial charge in [-0.3, -0.25) is 10.1 Å². The third-order valence-electron chi connectivity index (χ3n) is 4.04. The Balaban J connectivity index is 2.33. The molecule has 21 heavy (non-hydrogen) atoms. The van der Waals surface area contributed by atoms with Crippen molar-refractivity contribution >= 4 is 11.4 Å². The number of hydrogen-bond donors (Lipinski definition) is 1. The summed E-state index contributed by atoms with van der Waals surface area (Å²) in [6.45, 7) is 1.78. The molecule has 6 nitrogen and oxygen atoms in total. The predicted molar refractivity (Wildman–Crippen MR) is 83.2 cm³/mol. The maximum absolute atomic E-state index is 11.3. The first kappa shape index (κ1) is 15.6. The molecule has 116 valence electrons. The number of methoxy groups -OCH3 is 1. The third kappa shape index (κ3) is 3.64. The predicted octanol–water partition coefficient (Wildman–Crippen LogP) is 2.57. The van der Waals surface area contributed by atoms with Crippen LogP contribution in [0.2, 0.25) is 0 Å². The molecule has 0 spiro atoms. The largest absolute Gasteiger partial charge is 0.497 e. The molecule has 0 aliphatic carbocycles. The quantitative estimate of drug-likeness (QED) is 0.645. The van der Waals surface area contributed by atoms with Crippen molar-refractivity contribution in [1.82, 2.24) is 5.32 Å². The Morgan fingerprint density at radius 1 is 1.48 bits per heavy atom. The summed E-state index contributed by atoms with van der Waals surface area (Å²) in [6.07, 6.45) is 4.33. The number of nitrogens with zero attached hydrogens (tertiary/aromatic N) is 2. The lowest BCUT2D eigenvalue weighted by Crippen LogP contribution is -2.41. The normalized spacial score (nSPS) is 18.6. The number of benzene rings is 1. The van der Waals surface area contributed by atoms with Crippen molar-refractivity contribution in [2.75, 3.05) is 32.1 Å². The Kier molecular flexibility index (Phi) is 5.38. The summed E-state index contributed by atoms with van der Waals surface area (Å²) in [5, 5.41) is 14.5. The minimum Gasteiger partial charge on any atom is -0.497 e. The Labute approximate surface area is 125 Å². The maximum atomic E-state index is 11.3. The lowest BCUT2D eigenvalue weighted by molar-refractivity contribution is -0.384. The maximum Gasteiger partial charge on any atom is 0.292 e. The first-order chi connectivity index (χ1) is 10.2. The molecule has 1 aliphatic rings. The van der Waals surface area contributed by atoms with Gasteiger partial charge in [0.05, 0.1) is 12.0 Å². The van der Waals surface area contributed by atoms with Crippen molar-refractivity contribution in [3.05, 3.63) is 28.3 Å². The minimum absolute atomic E-state index is 0.159. The SMILES string of the molecule is CNCCC1CCCCN1c1cc(OC)ccc1[N+](=O)[O-]. The van der Waals surface area contributed by atoms with Gasteiger partial charge in [-0.1, -0.05) is 0 Å². The van der Waals surface area contributed by atoms with E-state index >= 15 is 0 Å². The van der Waals surface area contributed by atoms with Crippen LogP contribution in [0.3, 0.4) is 0 Å². The van der Waals surface area contributed by atoms with E-state index in [4.69, 9.17) is 4.74 Å². The van der Waals surface area contributed by atoms with Gasteiger partial charge in [-0.2, -0.15) is 0 Å². The van der Waals surface area contributed by atoms with Crippen molar-refractivity contribution in [3.63, 3.8) is 0 Å². The zero-order valence-electron chi connectivity index (χ0n) is 12.7. The smallest absolute Gasteiger partial charge is 0.292 e. The van der Waals surface area contributed by atoms with Crippen LogP contribution in [-0.4, -0.2) is 38.2 Å². The highest BCUT2D eigenvalue weighted by Gasteiger charge is 2.28. The second kappa shape index (κ2) is 7.26. The number of piperidine rings is 1. The molecule has 0 saturated carbocycles. The molecule has 1 saturated heterocycles. The van der Waals surface area contributed by atoms with Gasteiger partial charge in [-0.25, -0.2) is 0 Å². The fourth-order valence-electron chi connectivity index (χ4n) is 2.94. The first-order valence-electron chi connectivity index (χ1n) is 7.41. The molecule has 0 radical (unpaired) electrons. The molecule has 1 fully saturated rings. The van der Waals surface area contributed by atoms with Crippen molar-refractivity contribution in [2.45, 2.75) is 31.7 Å². The van der Waals surface area contributed by atoms with Crippen LogP contribution in [0.5, 0.6) is 5.75 Å². The zero-order chi connectivity index (χ0) is 15.2. The number of ether oxygens (including phenoxy) is 1. The number of hydrogen-bond acceptors (Lipinski definition) is 5. The average molecular weight is 293 g/mol. The molecule has 0 bridgehead atoms. The van der Waals surface area contributed by atoms with Crippen LogP contribution in [0.15, 0.2) is 18.2 Å². The third-order valence-corrected chi connectivity index (χ3v) is 4.04. The molecule has 1 atom stereocenters. The number of anilines is 1. The van der Waals surface area contributed by atoms with Gasteiger partial charge in [0.1, 0.15) is 11.4 Å². The van der Waals surface area contributed by atoms with E-state index in [1.54, 1.807) is 19.2 Å². The number of nitro benzene ring substituents is 1. The standard InChI is InChI=1S/C15H23N3O3/c1-16-9-8-12-5-3-4-10-17(12)15-11-13(21-2)6-7-14(15)18(19)20/h6-7,11-12,16H,3-5,8-10H2,1-2H3. The van der Waals surface area contributed by atoms with Crippen LogP contribution in [0, 0.1) is 10.1 Å². The van der Waals surface area contributed by atoms with Crippen LogP contribution in [0.1, 0.15) is 25.7 Å². The number of nitrogens with one attached hydrogen (secondary N) is 1. The molecular weight excluding hydrogens is 270 g/mol. The van der Waals surface area contributed by atoms with Crippen molar-refractivity contribution in [2.24, 2.45) is 0 Å². The highest BCUT2D eigenvalue weighted by Crippen LogP contribution is 2.36. The van der Waals surface area contributed by atoms with E-state index in [1.807, 2.05) is 7.05 Å². The summed E-state index contributed by atoms with van der Waals surface area (Å²) in [6, 6.07) is 5.32. The molecule has 1 unspecified atom stereocenters. The van der Waals surface area contributed by atoms with E-state index in [2.05, 4.69) is 10.2 Å². The molecule has 1 N–H and O–H groups in total. The lowest BCUT2D eigenvalue weighted by atomic mass is 9.98. The second-order valence-corrected chi connectivity index (χ2v) is 5.35. The van der Waals surface area contributed by atoms with Crippen LogP contribution >= 0.6 is 0 Å². The summed E-state index contributed by atoms with van der Waals surface area (Å²) in [4.78, 5) is 13.2. The molecule has 1 heterocycles. The van der Waals surface area contributed by atoms with Gasteiger partial charge >= 0.3 is 0 Å². The van der Waals surface area contributed by atoms with Crippen LogP contribution in [0.4, 0.5) is 11.4 Å². The number of rotatable bonds is 6. The fraction of sp³-hybridized carbons (Fsp3) is 0.600. The van der Waals surface area contributed by atoms with Gasteiger partial charge in [0.15, 0.2) is 0 Å². The molecule has 1 aromatic carbocycles. The Hall–Kier alpha value is -1.82. The number of nitro groups is 1. The van der Waals surface area contributed by atoms with Gasteiger partial charge in [-0.05, 0) is 45.3 Å². The van der Waals surface area contributed by atoms with E-state index in [0.717, 1.165) is 32.4 Å². The Bertz CT molecular complexity index is 493. The molecule has 6 heteroatoms.